The lowest BCUT2D eigenvalue weighted by molar-refractivity contribution is -0.137. The quantitative estimate of drug-likeness (QED) is 0.770. The molecule has 1 amide bonds. The second-order valence-electron chi connectivity index (χ2n) is 8.51. The summed E-state index contributed by atoms with van der Waals surface area (Å²) in [5, 5.41) is 0. The summed E-state index contributed by atoms with van der Waals surface area (Å²) in [7, 11) is 0. The summed E-state index contributed by atoms with van der Waals surface area (Å²) in [6.45, 7) is 4.54. The lowest BCUT2D eigenvalue weighted by Crippen LogP contribution is -2.43. The number of aromatic nitrogens is 2. The van der Waals surface area contributed by atoms with Gasteiger partial charge in [-0.05, 0) is 56.2 Å². The molecule has 1 unspecified atom stereocenters. The maximum atomic E-state index is 13.2. The first-order valence-electron chi connectivity index (χ1n) is 10.6. The summed E-state index contributed by atoms with van der Waals surface area (Å²) < 4.78 is 15.4. The highest BCUT2D eigenvalue weighted by Crippen LogP contribution is 2.29. The van der Waals surface area contributed by atoms with Crippen LogP contribution >= 0.6 is 0 Å². The predicted octanol–water partition coefficient (Wildman–Crippen LogP) is 4.35. The van der Waals surface area contributed by atoms with Gasteiger partial charge in [0.1, 0.15) is 11.6 Å². The number of likely N-dealkylation sites (tertiary alicyclic amines) is 1. The molecule has 1 saturated carbocycles. The van der Waals surface area contributed by atoms with Crippen molar-refractivity contribution in [2.45, 2.75) is 58.4 Å². The third-order valence-electron chi connectivity index (χ3n) is 6.40. The second kappa shape index (κ2) is 8.46. The van der Waals surface area contributed by atoms with Crippen molar-refractivity contribution in [2.75, 3.05) is 13.1 Å². The van der Waals surface area contributed by atoms with E-state index in [1.54, 1.807) is 0 Å². The van der Waals surface area contributed by atoms with Crippen LogP contribution in [0.4, 0.5) is 4.39 Å². The van der Waals surface area contributed by atoms with Gasteiger partial charge in [0.15, 0.2) is 0 Å². The van der Waals surface area contributed by atoms with Crippen molar-refractivity contribution >= 4 is 5.91 Å². The maximum Gasteiger partial charge on any atom is 0.225 e. The first kappa shape index (κ1) is 19.2. The number of hydrogen-bond donors (Lipinski definition) is 0. The van der Waals surface area contributed by atoms with Crippen LogP contribution in [0.15, 0.2) is 30.5 Å². The van der Waals surface area contributed by atoms with Gasteiger partial charge in [-0.25, -0.2) is 9.37 Å². The van der Waals surface area contributed by atoms with Crippen LogP contribution in [-0.4, -0.2) is 33.4 Å². The first-order chi connectivity index (χ1) is 13.6. The van der Waals surface area contributed by atoms with E-state index in [1.807, 2.05) is 18.3 Å². The second-order valence-corrected chi connectivity index (χ2v) is 8.51. The molecule has 1 aliphatic carbocycles. The molecule has 0 bridgehead atoms. The predicted molar refractivity (Wildman–Crippen MR) is 107 cm³/mol. The Morgan fingerprint density at radius 3 is 2.64 bits per heavy atom. The summed E-state index contributed by atoms with van der Waals surface area (Å²) in [5.74, 6) is 1.98. The molecule has 4 nitrogen and oxygen atoms in total. The molecule has 1 aromatic heterocycles. The lowest BCUT2D eigenvalue weighted by Gasteiger charge is -2.34. The van der Waals surface area contributed by atoms with Crippen LogP contribution in [0.5, 0.6) is 0 Å². The lowest BCUT2D eigenvalue weighted by atomic mass is 9.93. The minimum Gasteiger partial charge on any atom is -0.342 e. The number of carbonyl (C=O) groups is 1. The molecule has 1 aromatic carbocycles. The largest absolute Gasteiger partial charge is 0.342 e. The van der Waals surface area contributed by atoms with E-state index in [2.05, 4.69) is 21.4 Å². The van der Waals surface area contributed by atoms with E-state index in [-0.39, 0.29) is 11.7 Å². The van der Waals surface area contributed by atoms with Crippen molar-refractivity contribution in [3.8, 4) is 0 Å². The number of halogens is 1. The zero-order valence-corrected chi connectivity index (χ0v) is 16.7. The number of benzene rings is 1. The average Bonchev–Trinajstić information content (AvgIpc) is 3.35. The Balaban J connectivity index is 1.42. The number of amides is 1. The normalized spacial score (nSPS) is 20.6. The molecular weight excluding hydrogens is 353 g/mol. The third kappa shape index (κ3) is 4.29. The van der Waals surface area contributed by atoms with Gasteiger partial charge >= 0.3 is 0 Å². The van der Waals surface area contributed by atoms with Crippen molar-refractivity contribution in [3.63, 3.8) is 0 Å². The van der Waals surface area contributed by atoms with Gasteiger partial charge in [0.2, 0.25) is 5.91 Å². The van der Waals surface area contributed by atoms with Gasteiger partial charge < -0.3 is 9.47 Å². The fourth-order valence-electron chi connectivity index (χ4n) is 4.78. The van der Waals surface area contributed by atoms with E-state index in [0.717, 1.165) is 62.3 Å². The van der Waals surface area contributed by atoms with Crippen LogP contribution in [0.1, 0.15) is 55.6 Å². The van der Waals surface area contributed by atoms with Crippen molar-refractivity contribution < 1.29 is 9.18 Å². The molecule has 2 fully saturated rings. The van der Waals surface area contributed by atoms with Crippen LogP contribution in [-0.2, 0) is 17.8 Å². The molecule has 0 N–H and O–H groups in total. The number of rotatable bonds is 5. The zero-order valence-electron chi connectivity index (χ0n) is 16.7. The number of aryl methyl sites for hydroxylation is 1. The van der Waals surface area contributed by atoms with E-state index in [9.17, 15) is 9.18 Å². The first-order valence-corrected chi connectivity index (χ1v) is 10.6. The van der Waals surface area contributed by atoms with Gasteiger partial charge in [0.05, 0.1) is 0 Å². The highest BCUT2D eigenvalue weighted by molar-refractivity contribution is 5.79. The fourth-order valence-corrected chi connectivity index (χ4v) is 4.78. The Labute approximate surface area is 166 Å². The molecule has 150 valence electrons. The third-order valence-corrected chi connectivity index (χ3v) is 6.40. The molecule has 2 heterocycles. The van der Waals surface area contributed by atoms with Gasteiger partial charge in [0.25, 0.3) is 0 Å². The molecule has 2 aromatic rings. The monoisotopic (exact) mass is 383 g/mol. The summed E-state index contributed by atoms with van der Waals surface area (Å²) in [6.07, 6.45) is 9.59. The molecule has 1 saturated heterocycles. The molecule has 5 heteroatoms. The van der Waals surface area contributed by atoms with Gasteiger partial charge in [-0.2, -0.15) is 0 Å². The van der Waals surface area contributed by atoms with E-state index >= 15 is 0 Å². The van der Waals surface area contributed by atoms with Gasteiger partial charge in [-0.15, -0.1) is 0 Å². The summed E-state index contributed by atoms with van der Waals surface area (Å²) in [6, 6.07) is 6.69. The Hall–Kier alpha value is -2.17. The SMILES string of the molecule is Cc1cnc(CC2CCCN(C(=O)C3CCCC3)C2)n1Cc1ccc(F)cc1. The van der Waals surface area contributed by atoms with Gasteiger partial charge in [-0.1, -0.05) is 25.0 Å². The molecule has 1 aliphatic heterocycles. The maximum absolute atomic E-state index is 13.2. The summed E-state index contributed by atoms with van der Waals surface area (Å²) in [4.78, 5) is 19.6. The standard InChI is InChI=1S/C23H30FN3O/c1-17-14-25-22(27(17)16-18-8-10-21(24)11-9-18)13-19-5-4-12-26(15-19)23(28)20-6-2-3-7-20/h8-11,14,19-20H,2-7,12-13,15-16H2,1H3. The van der Waals surface area contributed by atoms with Crippen LogP contribution < -0.4 is 0 Å². The number of hydrogen-bond acceptors (Lipinski definition) is 2. The van der Waals surface area contributed by atoms with E-state index < -0.39 is 0 Å². The Kier molecular flexibility index (Phi) is 5.79. The van der Waals surface area contributed by atoms with E-state index in [0.29, 0.717) is 18.4 Å². The topological polar surface area (TPSA) is 38.1 Å². The Bertz CT molecular complexity index is 808. The highest BCUT2D eigenvalue weighted by Gasteiger charge is 2.31. The molecule has 2 aliphatic rings. The smallest absolute Gasteiger partial charge is 0.225 e. The number of nitrogens with zero attached hydrogens (tertiary/aromatic N) is 3. The zero-order chi connectivity index (χ0) is 19.5. The van der Waals surface area contributed by atoms with Crippen LogP contribution in [0, 0.1) is 24.6 Å². The van der Waals surface area contributed by atoms with E-state index in [4.69, 9.17) is 0 Å². The number of carbonyl (C=O) groups excluding carboxylic acids is 1. The molecule has 0 radical (unpaired) electrons. The van der Waals surface area contributed by atoms with Crippen molar-refractivity contribution in [1.29, 1.82) is 0 Å². The van der Waals surface area contributed by atoms with Crippen LogP contribution in [0.25, 0.3) is 0 Å². The highest BCUT2D eigenvalue weighted by atomic mass is 19.1. The molecule has 0 spiro atoms. The number of piperidine rings is 1. The molecule has 4 rings (SSSR count). The van der Waals surface area contributed by atoms with Crippen LogP contribution in [0.3, 0.4) is 0 Å². The minimum atomic E-state index is -0.208. The van der Waals surface area contributed by atoms with Crippen molar-refractivity contribution in [3.05, 3.63) is 53.4 Å². The van der Waals surface area contributed by atoms with Gasteiger partial charge in [0, 0.05) is 43.9 Å². The minimum absolute atomic E-state index is 0.208. The molecular formula is C23H30FN3O. The summed E-state index contributed by atoms with van der Waals surface area (Å²) in [5.41, 5.74) is 2.19. The van der Waals surface area contributed by atoms with E-state index in [1.165, 1.54) is 25.0 Å². The Morgan fingerprint density at radius 1 is 1.14 bits per heavy atom. The van der Waals surface area contributed by atoms with Crippen LogP contribution in [0.2, 0.25) is 0 Å². The average molecular weight is 384 g/mol. The molecule has 28 heavy (non-hydrogen) atoms. The fraction of sp³-hybridized carbons (Fsp3) is 0.565. The number of imidazole rings is 1. The molecule has 1 atom stereocenters. The summed E-state index contributed by atoms with van der Waals surface area (Å²) >= 11 is 0. The van der Waals surface area contributed by atoms with Gasteiger partial charge in [-0.3, -0.25) is 4.79 Å². The van der Waals surface area contributed by atoms with Crippen molar-refractivity contribution in [1.82, 2.24) is 14.5 Å². The Morgan fingerprint density at radius 2 is 1.89 bits per heavy atom. The van der Waals surface area contributed by atoms with Crippen molar-refractivity contribution in [2.24, 2.45) is 11.8 Å².